The van der Waals surface area contributed by atoms with Crippen LogP contribution in [0.4, 0.5) is 0 Å². The van der Waals surface area contributed by atoms with Gasteiger partial charge in [0.1, 0.15) is 0 Å². The van der Waals surface area contributed by atoms with E-state index in [0.717, 1.165) is 21.4 Å². The normalized spacial score (nSPS) is 15.8. The monoisotopic (exact) mass is 237 g/mol. The lowest BCUT2D eigenvalue weighted by Gasteiger charge is -1.93. The van der Waals surface area contributed by atoms with Gasteiger partial charge in [-0.05, 0) is 19.8 Å². The molecule has 3 rings (SSSR count). The Balaban J connectivity index is 2.03. The van der Waals surface area contributed by atoms with E-state index < -0.39 is 5.97 Å². The van der Waals surface area contributed by atoms with E-state index in [1.165, 1.54) is 24.2 Å². The molecular weight excluding hydrogens is 226 g/mol. The molecule has 0 unspecified atom stereocenters. The molecule has 1 aliphatic carbocycles. The van der Waals surface area contributed by atoms with Gasteiger partial charge in [0.15, 0.2) is 5.82 Å². The van der Waals surface area contributed by atoms with Crippen LogP contribution < -0.4 is 0 Å². The van der Waals surface area contributed by atoms with E-state index in [0.29, 0.717) is 5.92 Å². The fourth-order valence-electron chi connectivity index (χ4n) is 1.72. The molecule has 5 nitrogen and oxygen atoms in total. The summed E-state index contributed by atoms with van der Waals surface area (Å²) in [5, 5.41) is 13.2. The van der Waals surface area contributed by atoms with Crippen molar-refractivity contribution in [3.05, 3.63) is 16.4 Å². The molecule has 16 heavy (non-hydrogen) atoms. The fraction of sp³-hybridized carbons (Fsp3) is 0.500. The van der Waals surface area contributed by atoms with E-state index in [1.54, 1.807) is 4.52 Å². The number of hydrogen-bond acceptors (Lipinski definition) is 4. The topological polar surface area (TPSA) is 67.5 Å². The summed E-state index contributed by atoms with van der Waals surface area (Å²) in [6.07, 6.45) is 2.41. The van der Waals surface area contributed by atoms with Gasteiger partial charge in [0, 0.05) is 10.8 Å². The molecule has 0 aromatic carbocycles. The van der Waals surface area contributed by atoms with E-state index in [4.69, 9.17) is 5.11 Å². The lowest BCUT2D eigenvalue weighted by atomic mass is 10.3. The van der Waals surface area contributed by atoms with Gasteiger partial charge < -0.3 is 5.11 Å². The Morgan fingerprint density at radius 3 is 2.94 bits per heavy atom. The summed E-state index contributed by atoms with van der Waals surface area (Å²) in [6, 6.07) is 0. The number of rotatable bonds is 3. The lowest BCUT2D eigenvalue weighted by molar-refractivity contribution is -0.136. The van der Waals surface area contributed by atoms with E-state index in [1.807, 2.05) is 6.92 Å². The smallest absolute Gasteiger partial charge is 0.308 e. The molecule has 1 saturated carbocycles. The summed E-state index contributed by atoms with van der Waals surface area (Å²) in [6.45, 7) is 1.90. The third-order valence-electron chi connectivity index (χ3n) is 2.78. The Hall–Kier alpha value is -1.43. The lowest BCUT2D eigenvalue weighted by Crippen LogP contribution is -2.01. The van der Waals surface area contributed by atoms with Crippen LogP contribution in [0.1, 0.15) is 35.2 Å². The first-order chi connectivity index (χ1) is 7.65. The predicted molar refractivity (Wildman–Crippen MR) is 58.9 cm³/mol. The van der Waals surface area contributed by atoms with Crippen molar-refractivity contribution in [3.63, 3.8) is 0 Å². The van der Waals surface area contributed by atoms with E-state index in [9.17, 15) is 4.79 Å². The van der Waals surface area contributed by atoms with Crippen LogP contribution in [0.2, 0.25) is 0 Å². The second-order valence-corrected chi connectivity index (χ2v) is 5.18. The summed E-state index contributed by atoms with van der Waals surface area (Å²) in [5.41, 5.74) is 0.904. The minimum absolute atomic E-state index is 0.0559. The van der Waals surface area contributed by atoms with Crippen LogP contribution >= 0.6 is 11.3 Å². The zero-order chi connectivity index (χ0) is 11.3. The number of aryl methyl sites for hydroxylation is 1. The van der Waals surface area contributed by atoms with Gasteiger partial charge in [-0.25, -0.2) is 9.50 Å². The van der Waals surface area contributed by atoms with Crippen LogP contribution in [-0.2, 0) is 11.2 Å². The maximum Gasteiger partial charge on any atom is 0.308 e. The molecule has 84 valence electrons. The fourth-order valence-corrected chi connectivity index (χ4v) is 2.77. The third kappa shape index (κ3) is 1.49. The second kappa shape index (κ2) is 3.28. The summed E-state index contributed by atoms with van der Waals surface area (Å²) >= 11 is 1.43. The Labute approximate surface area is 95.7 Å². The molecule has 2 aromatic heterocycles. The van der Waals surface area contributed by atoms with Gasteiger partial charge in [0.05, 0.1) is 12.1 Å². The molecule has 0 bridgehead atoms. The minimum Gasteiger partial charge on any atom is -0.481 e. The summed E-state index contributed by atoms with van der Waals surface area (Å²) < 4.78 is 1.77. The first-order valence-corrected chi connectivity index (χ1v) is 6.03. The first kappa shape index (κ1) is 9.77. The predicted octanol–water partition coefficient (Wildman–Crippen LogP) is 1.60. The van der Waals surface area contributed by atoms with Crippen LogP contribution in [0, 0.1) is 6.92 Å². The highest BCUT2D eigenvalue weighted by molar-refractivity contribution is 7.17. The zero-order valence-electron chi connectivity index (χ0n) is 8.80. The molecule has 0 saturated heterocycles. The SMILES string of the molecule is Cc1c(CC(=O)O)sc2nc(C3CC3)nn12. The molecule has 1 fully saturated rings. The highest BCUT2D eigenvalue weighted by atomic mass is 32.1. The van der Waals surface area contributed by atoms with Gasteiger partial charge in [0.25, 0.3) is 0 Å². The number of carboxylic acids is 1. The number of aromatic nitrogens is 3. The maximum absolute atomic E-state index is 10.7. The number of carboxylic acid groups (broad SMARTS) is 1. The Bertz CT molecular complexity index is 568. The number of hydrogen-bond donors (Lipinski definition) is 1. The molecule has 2 heterocycles. The van der Waals surface area contributed by atoms with Crippen molar-refractivity contribution in [1.29, 1.82) is 0 Å². The van der Waals surface area contributed by atoms with Gasteiger partial charge in [-0.2, -0.15) is 5.10 Å². The highest BCUT2D eigenvalue weighted by Crippen LogP contribution is 2.39. The number of carbonyl (C=O) groups is 1. The van der Waals surface area contributed by atoms with Crippen molar-refractivity contribution in [2.24, 2.45) is 0 Å². The van der Waals surface area contributed by atoms with Crippen LogP contribution in [0.15, 0.2) is 0 Å². The van der Waals surface area contributed by atoms with Crippen molar-refractivity contribution in [3.8, 4) is 0 Å². The van der Waals surface area contributed by atoms with Crippen molar-refractivity contribution >= 4 is 22.3 Å². The van der Waals surface area contributed by atoms with E-state index >= 15 is 0 Å². The van der Waals surface area contributed by atoms with Gasteiger partial charge >= 0.3 is 5.97 Å². The molecule has 1 N–H and O–H groups in total. The molecule has 0 atom stereocenters. The van der Waals surface area contributed by atoms with Crippen LogP contribution in [0.5, 0.6) is 0 Å². The highest BCUT2D eigenvalue weighted by Gasteiger charge is 2.29. The quantitative estimate of drug-likeness (QED) is 0.880. The van der Waals surface area contributed by atoms with Crippen LogP contribution in [0.3, 0.4) is 0 Å². The second-order valence-electron chi connectivity index (χ2n) is 4.12. The minimum atomic E-state index is -0.810. The number of thiazole rings is 1. The Kier molecular flexibility index (Phi) is 2.00. The zero-order valence-corrected chi connectivity index (χ0v) is 9.62. The molecule has 6 heteroatoms. The van der Waals surface area contributed by atoms with Crippen molar-refractivity contribution in [1.82, 2.24) is 14.6 Å². The molecule has 0 radical (unpaired) electrons. The standard InChI is InChI=1S/C10H11N3O2S/c1-5-7(4-8(14)15)16-10-11-9(6-2-3-6)12-13(5)10/h6H,2-4H2,1H3,(H,14,15). The summed E-state index contributed by atoms with van der Waals surface area (Å²) in [7, 11) is 0. The maximum atomic E-state index is 10.7. The Morgan fingerprint density at radius 2 is 2.38 bits per heavy atom. The molecule has 0 aliphatic heterocycles. The van der Waals surface area contributed by atoms with Crippen LogP contribution in [-0.4, -0.2) is 25.7 Å². The van der Waals surface area contributed by atoms with Gasteiger partial charge in [-0.3, -0.25) is 4.79 Å². The number of aliphatic carboxylic acids is 1. The average molecular weight is 237 g/mol. The molecule has 1 aliphatic rings. The average Bonchev–Trinajstić information content (AvgIpc) is 2.92. The van der Waals surface area contributed by atoms with Gasteiger partial charge in [-0.1, -0.05) is 11.3 Å². The van der Waals surface area contributed by atoms with E-state index in [2.05, 4.69) is 10.1 Å². The third-order valence-corrected chi connectivity index (χ3v) is 3.92. The van der Waals surface area contributed by atoms with Crippen molar-refractivity contribution in [2.75, 3.05) is 0 Å². The summed E-state index contributed by atoms with van der Waals surface area (Å²) in [4.78, 5) is 16.8. The van der Waals surface area contributed by atoms with Crippen molar-refractivity contribution in [2.45, 2.75) is 32.1 Å². The summed E-state index contributed by atoms with van der Waals surface area (Å²) in [5.74, 6) is 0.640. The molecule has 0 amide bonds. The molecular formula is C10H11N3O2S. The van der Waals surface area contributed by atoms with Crippen LogP contribution in [0.25, 0.3) is 4.96 Å². The first-order valence-electron chi connectivity index (χ1n) is 5.22. The Morgan fingerprint density at radius 1 is 1.62 bits per heavy atom. The van der Waals surface area contributed by atoms with E-state index in [-0.39, 0.29) is 6.42 Å². The molecule has 2 aromatic rings. The van der Waals surface area contributed by atoms with Gasteiger partial charge in [0.2, 0.25) is 4.96 Å². The van der Waals surface area contributed by atoms with Gasteiger partial charge in [-0.15, -0.1) is 0 Å². The number of nitrogens with zero attached hydrogens (tertiary/aromatic N) is 3. The molecule has 0 spiro atoms. The number of fused-ring (bicyclic) bond motifs is 1. The van der Waals surface area contributed by atoms with Crippen molar-refractivity contribution < 1.29 is 9.90 Å². The largest absolute Gasteiger partial charge is 0.481 e.